The summed E-state index contributed by atoms with van der Waals surface area (Å²) in [6, 6.07) is 2.58. The van der Waals surface area contributed by atoms with E-state index in [2.05, 4.69) is 9.72 Å². The van der Waals surface area contributed by atoms with Crippen molar-refractivity contribution in [1.82, 2.24) is 4.98 Å². The highest BCUT2D eigenvalue weighted by atomic mass is 19.3. The van der Waals surface area contributed by atoms with Gasteiger partial charge in [-0.25, -0.2) is 0 Å². The first kappa shape index (κ1) is 20.0. The first-order valence-electron chi connectivity index (χ1n) is 7.41. The van der Waals surface area contributed by atoms with Gasteiger partial charge in [0.2, 0.25) is 0 Å². The maximum absolute atomic E-state index is 13.2. The van der Waals surface area contributed by atoms with E-state index in [0.717, 1.165) is 6.92 Å². The zero-order chi connectivity index (χ0) is 18.5. The number of carbonyl (C=O) groups excluding carboxylic acids is 2. The van der Waals surface area contributed by atoms with Crippen LogP contribution in [0.3, 0.4) is 0 Å². The summed E-state index contributed by atoms with van der Waals surface area (Å²) in [5.41, 5.74) is -0.614. The molecule has 1 rings (SSSR count). The van der Waals surface area contributed by atoms with Crippen molar-refractivity contribution in [2.45, 2.75) is 45.6 Å². The second-order valence-electron chi connectivity index (χ2n) is 6.45. The molecule has 24 heavy (non-hydrogen) atoms. The number of hydrogen-bond donors (Lipinski definition) is 0. The SMILES string of the molecule is COC(=O)[C@H]([CH]c1ccc(C(C)(F)F)nc1)CC(=O)OC(C)(C)C. The van der Waals surface area contributed by atoms with Crippen LogP contribution in [-0.4, -0.2) is 29.6 Å². The van der Waals surface area contributed by atoms with Crippen LogP contribution in [0.15, 0.2) is 18.3 Å². The molecule has 0 spiro atoms. The maximum Gasteiger partial charge on any atom is 0.309 e. The van der Waals surface area contributed by atoms with Gasteiger partial charge < -0.3 is 9.47 Å². The third-order valence-corrected chi connectivity index (χ3v) is 2.94. The molecule has 0 aromatic carbocycles. The lowest BCUT2D eigenvalue weighted by Gasteiger charge is -2.21. The summed E-state index contributed by atoms with van der Waals surface area (Å²) in [5, 5.41) is 0. The number of methoxy groups -OCH3 is 1. The molecule has 0 aliphatic rings. The molecule has 0 aliphatic carbocycles. The van der Waals surface area contributed by atoms with Crippen LogP contribution in [0.5, 0.6) is 0 Å². The van der Waals surface area contributed by atoms with E-state index in [1.807, 2.05) is 0 Å². The van der Waals surface area contributed by atoms with E-state index in [1.54, 1.807) is 20.8 Å². The fourth-order valence-corrected chi connectivity index (χ4v) is 1.92. The fourth-order valence-electron chi connectivity index (χ4n) is 1.92. The Morgan fingerprint density at radius 3 is 2.29 bits per heavy atom. The molecule has 0 aliphatic heterocycles. The summed E-state index contributed by atoms with van der Waals surface area (Å²) in [4.78, 5) is 27.4. The minimum absolute atomic E-state index is 0.213. The molecule has 0 saturated carbocycles. The second-order valence-corrected chi connectivity index (χ2v) is 6.45. The van der Waals surface area contributed by atoms with Crippen molar-refractivity contribution in [2.24, 2.45) is 5.92 Å². The minimum atomic E-state index is -3.04. The smallest absolute Gasteiger partial charge is 0.309 e. The Hall–Kier alpha value is -2.05. The number of rotatable bonds is 6. The molecule has 0 bridgehead atoms. The Bertz CT molecular complexity index is 574. The minimum Gasteiger partial charge on any atom is -0.469 e. The van der Waals surface area contributed by atoms with Crippen LogP contribution in [0.4, 0.5) is 8.78 Å². The van der Waals surface area contributed by atoms with Crippen molar-refractivity contribution in [3.05, 3.63) is 36.0 Å². The van der Waals surface area contributed by atoms with Crippen LogP contribution >= 0.6 is 0 Å². The molecule has 1 aromatic rings. The Morgan fingerprint density at radius 1 is 1.25 bits per heavy atom. The molecule has 1 radical (unpaired) electrons. The lowest BCUT2D eigenvalue weighted by atomic mass is 9.96. The average Bonchev–Trinajstić information content (AvgIpc) is 2.43. The number of pyridine rings is 1. The van der Waals surface area contributed by atoms with Gasteiger partial charge in [0, 0.05) is 19.5 Å². The second kappa shape index (κ2) is 7.68. The van der Waals surface area contributed by atoms with Gasteiger partial charge in [-0.2, -0.15) is 8.78 Å². The van der Waals surface area contributed by atoms with Crippen LogP contribution in [-0.2, 0) is 25.0 Å². The van der Waals surface area contributed by atoms with Gasteiger partial charge in [-0.3, -0.25) is 14.6 Å². The Kier molecular flexibility index (Phi) is 6.40. The van der Waals surface area contributed by atoms with Crippen LogP contribution in [0, 0.1) is 12.3 Å². The van der Waals surface area contributed by atoms with Crippen molar-refractivity contribution < 1.29 is 27.8 Å². The van der Waals surface area contributed by atoms with Crippen LogP contribution in [0.1, 0.15) is 45.4 Å². The summed E-state index contributed by atoms with van der Waals surface area (Å²) in [6.45, 7) is 5.90. The largest absolute Gasteiger partial charge is 0.469 e. The van der Waals surface area contributed by atoms with E-state index in [0.29, 0.717) is 5.56 Å². The summed E-state index contributed by atoms with van der Waals surface area (Å²) >= 11 is 0. The maximum atomic E-state index is 13.2. The molecule has 1 atom stereocenters. The third kappa shape index (κ3) is 6.60. The molecular formula is C17H22F2NO4. The van der Waals surface area contributed by atoms with E-state index in [4.69, 9.17) is 4.74 Å². The average molecular weight is 342 g/mol. The molecule has 7 heteroatoms. The number of nitrogens with zero attached hydrogens (tertiary/aromatic N) is 1. The van der Waals surface area contributed by atoms with E-state index in [9.17, 15) is 18.4 Å². The third-order valence-electron chi connectivity index (χ3n) is 2.94. The number of carbonyl (C=O) groups is 2. The number of ether oxygens (including phenoxy) is 2. The van der Waals surface area contributed by atoms with Crippen LogP contribution in [0.25, 0.3) is 0 Å². The Labute approximate surface area is 140 Å². The Balaban J connectivity index is 2.83. The molecule has 0 saturated heterocycles. The van der Waals surface area contributed by atoms with Gasteiger partial charge in [-0.15, -0.1) is 0 Å². The van der Waals surface area contributed by atoms with Gasteiger partial charge in [0.25, 0.3) is 5.92 Å². The Morgan fingerprint density at radius 2 is 1.88 bits per heavy atom. The van der Waals surface area contributed by atoms with Crippen LogP contribution in [0.2, 0.25) is 0 Å². The predicted octanol–water partition coefficient (Wildman–Crippen LogP) is 3.27. The van der Waals surface area contributed by atoms with E-state index >= 15 is 0 Å². The van der Waals surface area contributed by atoms with Gasteiger partial charge in [0.05, 0.1) is 19.4 Å². The molecule has 0 N–H and O–H groups in total. The highest BCUT2D eigenvalue weighted by molar-refractivity contribution is 5.81. The molecule has 0 amide bonds. The predicted molar refractivity (Wildman–Crippen MR) is 83.2 cm³/mol. The van der Waals surface area contributed by atoms with Crippen molar-refractivity contribution >= 4 is 11.9 Å². The van der Waals surface area contributed by atoms with Gasteiger partial charge in [-0.1, -0.05) is 6.07 Å². The number of alkyl halides is 2. The number of halogens is 2. The molecule has 0 unspecified atom stereocenters. The van der Waals surface area contributed by atoms with Gasteiger partial charge in [0.1, 0.15) is 11.3 Å². The van der Waals surface area contributed by atoms with Gasteiger partial charge in [-0.05, 0) is 32.4 Å². The standard InChI is InChI=1S/C17H22F2NO4/c1-16(2,3)24-14(21)9-12(15(22)23-5)8-11-6-7-13(20-10-11)17(4,18)19/h6-8,10,12H,9H2,1-5H3/t12-/m1/s1. The lowest BCUT2D eigenvalue weighted by Crippen LogP contribution is -2.28. The zero-order valence-electron chi connectivity index (χ0n) is 14.4. The molecule has 133 valence electrons. The summed E-state index contributed by atoms with van der Waals surface area (Å²) in [5.74, 6) is -5.11. The molecular weight excluding hydrogens is 320 g/mol. The first-order valence-corrected chi connectivity index (χ1v) is 7.41. The van der Waals surface area contributed by atoms with Crippen molar-refractivity contribution in [2.75, 3.05) is 7.11 Å². The lowest BCUT2D eigenvalue weighted by molar-refractivity contribution is -0.159. The van der Waals surface area contributed by atoms with Gasteiger partial charge >= 0.3 is 11.9 Å². The highest BCUT2D eigenvalue weighted by Crippen LogP contribution is 2.26. The normalized spacial score (nSPS) is 13.3. The molecule has 5 nitrogen and oxygen atoms in total. The fraction of sp³-hybridized carbons (Fsp3) is 0.529. The molecule has 1 heterocycles. The van der Waals surface area contributed by atoms with Gasteiger partial charge in [0.15, 0.2) is 0 Å². The summed E-state index contributed by atoms with van der Waals surface area (Å²) < 4.78 is 36.2. The summed E-state index contributed by atoms with van der Waals surface area (Å²) in [6.07, 6.45) is 2.45. The van der Waals surface area contributed by atoms with Crippen molar-refractivity contribution in [1.29, 1.82) is 0 Å². The molecule has 0 fully saturated rings. The number of hydrogen-bond acceptors (Lipinski definition) is 5. The zero-order valence-corrected chi connectivity index (χ0v) is 14.4. The van der Waals surface area contributed by atoms with E-state index < -0.39 is 29.4 Å². The van der Waals surface area contributed by atoms with Crippen molar-refractivity contribution in [3.63, 3.8) is 0 Å². The number of aromatic nitrogens is 1. The molecule has 1 aromatic heterocycles. The summed E-state index contributed by atoms with van der Waals surface area (Å²) in [7, 11) is 1.21. The first-order chi connectivity index (χ1) is 10.9. The number of esters is 2. The van der Waals surface area contributed by atoms with Crippen molar-refractivity contribution in [3.8, 4) is 0 Å². The quantitative estimate of drug-likeness (QED) is 0.743. The van der Waals surface area contributed by atoms with E-state index in [1.165, 1.54) is 31.9 Å². The monoisotopic (exact) mass is 342 g/mol. The van der Waals surface area contributed by atoms with Crippen LogP contribution < -0.4 is 0 Å². The van der Waals surface area contributed by atoms with E-state index in [-0.39, 0.29) is 12.1 Å². The topological polar surface area (TPSA) is 65.5 Å². The highest BCUT2D eigenvalue weighted by Gasteiger charge is 2.28.